The average molecular weight is 285 g/mol. The molecule has 0 aliphatic carbocycles. The van der Waals surface area contributed by atoms with Crippen molar-refractivity contribution in [3.8, 4) is 0 Å². The van der Waals surface area contributed by atoms with E-state index in [9.17, 15) is 4.79 Å². The minimum Gasteiger partial charge on any atom is -0.478 e. The summed E-state index contributed by atoms with van der Waals surface area (Å²) in [6.07, 6.45) is 4.67. The molecule has 110 valence electrons. The number of hydrogen-bond donors (Lipinski definition) is 1. The van der Waals surface area contributed by atoms with Crippen molar-refractivity contribution in [2.24, 2.45) is 0 Å². The highest BCUT2D eigenvalue weighted by Gasteiger charge is 2.21. The molecule has 0 amide bonds. The monoisotopic (exact) mass is 285 g/mol. The number of carboxylic acid groups (broad SMARTS) is 1. The van der Waals surface area contributed by atoms with Crippen LogP contribution >= 0.6 is 0 Å². The van der Waals surface area contributed by atoms with Crippen LogP contribution in [0.5, 0.6) is 0 Å². The number of carboxylic acids is 1. The Morgan fingerprint density at radius 1 is 1.43 bits per heavy atom. The third-order valence-electron chi connectivity index (χ3n) is 3.97. The fraction of sp³-hybridized carbons (Fsp3) is 0.375. The third kappa shape index (κ3) is 2.51. The summed E-state index contributed by atoms with van der Waals surface area (Å²) in [5, 5.41) is 9.06. The maximum absolute atomic E-state index is 11.0. The van der Waals surface area contributed by atoms with Crippen LogP contribution in [0, 0.1) is 0 Å². The second kappa shape index (κ2) is 5.24. The van der Waals surface area contributed by atoms with Crippen molar-refractivity contribution in [3.05, 3.63) is 47.5 Å². The van der Waals surface area contributed by atoms with Crippen molar-refractivity contribution in [3.63, 3.8) is 0 Å². The number of rotatable bonds is 4. The van der Waals surface area contributed by atoms with Crippen molar-refractivity contribution in [1.82, 2.24) is 9.55 Å². The minimum absolute atomic E-state index is 0.364. The van der Waals surface area contributed by atoms with Gasteiger partial charge in [0, 0.05) is 24.5 Å². The van der Waals surface area contributed by atoms with Gasteiger partial charge in [0.25, 0.3) is 0 Å². The lowest BCUT2D eigenvalue weighted by Crippen LogP contribution is -2.22. The van der Waals surface area contributed by atoms with E-state index in [0.29, 0.717) is 11.6 Å². The van der Waals surface area contributed by atoms with Gasteiger partial charge in [-0.2, -0.15) is 0 Å². The molecule has 1 aliphatic rings. The third-order valence-corrected chi connectivity index (χ3v) is 3.97. The molecule has 0 saturated carbocycles. The van der Waals surface area contributed by atoms with Gasteiger partial charge in [0.1, 0.15) is 0 Å². The summed E-state index contributed by atoms with van der Waals surface area (Å²) in [7, 11) is 0. The lowest BCUT2D eigenvalue weighted by atomic mass is 10.1. The SMILES string of the molecule is CC(C)n1cncc1CN1CCc2cc(C(=O)O)ccc21. The fourth-order valence-electron chi connectivity index (χ4n) is 2.88. The Hall–Kier alpha value is -2.30. The Balaban J connectivity index is 1.84. The molecule has 1 N–H and O–H groups in total. The molecule has 5 nitrogen and oxygen atoms in total. The van der Waals surface area contributed by atoms with E-state index in [-0.39, 0.29) is 0 Å². The average Bonchev–Trinajstić information content (AvgIpc) is 3.06. The van der Waals surface area contributed by atoms with Crippen LogP contribution in [0.25, 0.3) is 0 Å². The maximum atomic E-state index is 11.0. The number of anilines is 1. The highest BCUT2D eigenvalue weighted by Crippen LogP contribution is 2.30. The molecule has 5 heteroatoms. The van der Waals surface area contributed by atoms with Gasteiger partial charge in [0.05, 0.1) is 24.1 Å². The normalized spacial score (nSPS) is 13.8. The first kappa shape index (κ1) is 13.7. The molecule has 3 rings (SSSR count). The van der Waals surface area contributed by atoms with Gasteiger partial charge < -0.3 is 14.6 Å². The van der Waals surface area contributed by atoms with E-state index in [4.69, 9.17) is 5.11 Å². The summed E-state index contributed by atoms with van der Waals surface area (Å²) in [4.78, 5) is 17.6. The number of benzene rings is 1. The summed E-state index contributed by atoms with van der Waals surface area (Å²) < 4.78 is 2.17. The molecule has 0 spiro atoms. The van der Waals surface area contributed by atoms with Gasteiger partial charge in [-0.25, -0.2) is 9.78 Å². The smallest absolute Gasteiger partial charge is 0.335 e. The van der Waals surface area contributed by atoms with Crippen LogP contribution in [0.2, 0.25) is 0 Å². The van der Waals surface area contributed by atoms with Crippen LogP contribution in [0.4, 0.5) is 5.69 Å². The predicted molar refractivity (Wildman–Crippen MR) is 80.8 cm³/mol. The molecule has 1 aliphatic heterocycles. The number of imidazole rings is 1. The van der Waals surface area contributed by atoms with E-state index in [1.54, 1.807) is 12.1 Å². The Morgan fingerprint density at radius 2 is 2.24 bits per heavy atom. The van der Waals surface area contributed by atoms with Crippen molar-refractivity contribution >= 4 is 11.7 Å². The topological polar surface area (TPSA) is 58.4 Å². The number of nitrogens with zero attached hydrogens (tertiary/aromatic N) is 3. The Kier molecular flexibility index (Phi) is 3.41. The van der Waals surface area contributed by atoms with Gasteiger partial charge in [0.2, 0.25) is 0 Å². The highest BCUT2D eigenvalue weighted by molar-refractivity contribution is 5.88. The number of fused-ring (bicyclic) bond motifs is 1. The number of carbonyl (C=O) groups is 1. The number of aromatic nitrogens is 2. The molecule has 0 atom stereocenters. The largest absolute Gasteiger partial charge is 0.478 e. The quantitative estimate of drug-likeness (QED) is 0.938. The van der Waals surface area contributed by atoms with Crippen molar-refractivity contribution in [1.29, 1.82) is 0 Å². The fourth-order valence-corrected chi connectivity index (χ4v) is 2.88. The van der Waals surface area contributed by atoms with Crippen molar-refractivity contribution in [2.75, 3.05) is 11.4 Å². The summed E-state index contributed by atoms with van der Waals surface area (Å²) in [6.45, 7) is 6.00. The van der Waals surface area contributed by atoms with Crippen LogP contribution in [0.15, 0.2) is 30.7 Å². The number of hydrogen-bond acceptors (Lipinski definition) is 3. The molecule has 0 bridgehead atoms. The zero-order valence-electron chi connectivity index (χ0n) is 12.3. The first-order valence-corrected chi connectivity index (χ1v) is 7.18. The van der Waals surface area contributed by atoms with Crippen LogP contribution in [0.3, 0.4) is 0 Å². The lowest BCUT2D eigenvalue weighted by molar-refractivity contribution is 0.0697. The zero-order chi connectivity index (χ0) is 15.0. The minimum atomic E-state index is -0.867. The van der Waals surface area contributed by atoms with E-state index in [1.807, 2.05) is 18.6 Å². The van der Waals surface area contributed by atoms with E-state index >= 15 is 0 Å². The molecule has 0 radical (unpaired) electrons. The summed E-state index contributed by atoms with van der Waals surface area (Å²) in [5.41, 5.74) is 3.80. The molecular formula is C16H19N3O2. The van der Waals surface area contributed by atoms with Gasteiger partial charge in [-0.15, -0.1) is 0 Å². The predicted octanol–water partition coefficient (Wildman–Crippen LogP) is 2.72. The molecule has 0 saturated heterocycles. The molecule has 1 aromatic heterocycles. The van der Waals surface area contributed by atoms with E-state index in [0.717, 1.165) is 30.8 Å². The van der Waals surface area contributed by atoms with E-state index in [1.165, 1.54) is 5.69 Å². The molecule has 0 unspecified atom stereocenters. The number of aromatic carboxylic acids is 1. The van der Waals surface area contributed by atoms with Crippen LogP contribution < -0.4 is 4.90 Å². The van der Waals surface area contributed by atoms with Crippen LogP contribution in [-0.2, 0) is 13.0 Å². The zero-order valence-corrected chi connectivity index (χ0v) is 12.3. The maximum Gasteiger partial charge on any atom is 0.335 e. The summed E-state index contributed by atoms with van der Waals surface area (Å²) in [5.74, 6) is -0.867. The second-order valence-corrected chi connectivity index (χ2v) is 5.71. The highest BCUT2D eigenvalue weighted by atomic mass is 16.4. The first-order chi connectivity index (χ1) is 10.1. The van der Waals surface area contributed by atoms with Gasteiger partial charge >= 0.3 is 5.97 Å². The molecule has 1 aromatic carbocycles. The van der Waals surface area contributed by atoms with Crippen molar-refractivity contribution < 1.29 is 9.90 Å². The second-order valence-electron chi connectivity index (χ2n) is 5.71. The molecular weight excluding hydrogens is 266 g/mol. The van der Waals surface area contributed by atoms with Gasteiger partial charge in [0.15, 0.2) is 0 Å². The molecule has 0 fully saturated rings. The lowest BCUT2D eigenvalue weighted by Gasteiger charge is -2.21. The first-order valence-electron chi connectivity index (χ1n) is 7.18. The van der Waals surface area contributed by atoms with Gasteiger partial charge in [-0.3, -0.25) is 0 Å². The van der Waals surface area contributed by atoms with Crippen LogP contribution in [0.1, 0.15) is 41.5 Å². The summed E-state index contributed by atoms with van der Waals surface area (Å²) >= 11 is 0. The molecule has 2 heterocycles. The molecule has 2 aromatic rings. The van der Waals surface area contributed by atoms with Gasteiger partial charge in [-0.1, -0.05) is 0 Å². The van der Waals surface area contributed by atoms with Gasteiger partial charge in [-0.05, 0) is 44.0 Å². The van der Waals surface area contributed by atoms with E-state index < -0.39 is 5.97 Å². The summed E-state index contributed by atoms with van der Waals surface area (Å²) in [6, 6.07) is 5.78. The van der Waals surface area contributed by atoms with Crippen molar-refractivity contribution in [2.45, 2.75) is 32.9 Å². The molecule has 21 heavy (non-hydrogen) atoms. The van der Waals surface area contributed by atoms with Crippen LogP contribution in [-0.4, -0.2) is 27.2 Å². The Morgan fingerprint density at radius 3 is 2.95 bits per heavy atom. The standard InChI is InChI=1S/C16H19N3O2/c1-11(2)19-10-17-8-14(19)9-18-6-5-12-7-13(16(20)21)3-4-15(12)18/h3-4,7-8,10-11H,5-6,9H2,1-2H3,(H,20,21). The Labute approximate surface area is 123 Å². The van der Waals surface area contributed by atoms with E-state index in [2.05, 4.69) is 28.3 Å². The Bertz CT molecular complexity index is 676.